The second-order valence-electron chi connectivity index (χ2n) is 17.1. The predicted molar refractivity (Wildman–Crippen MR) is 219 cm³/mol. The molecule has 0 unspecified atom stereocenters. The van der Waals surface area contributed by atoms with Crippen molar-refractivity contribution in [3.63, 3.8) is 0 Å². The van der Waals surface area contributed by atoms with Crippen LogP contribution < -0.4 is 4.74 Å². The van der Waals surface area contributed by atoms with Crippen LogP contribution in [0.1, 0.15) is 205 Å². The smallest absolute Gasteiger partial charge is 0.303 e. The van der Waals surface area contributed by atoms with E-state index in [-0.39, 0.29) is 5.60 Å². The Balaban J connectivity index is 1.66. The number of unbranched alkanes of at least 4 members (excludes halogenated alkanes) is 9. The summed E-state index contributed by atoms with van der Waals surface area (Å²) in [5, 5.41) is 19.9. The maximum Gasteiger partial charge on any atom is 0.303 e. The number of rotatable bonds is 29. The third-order valence-electron chi connectivity index (χ3n) is 11.6. The van der Waals surface area contributed by atoms with Crippen LogP contribution in [0, 0.1) is 31.6 Å². The second-order valence-corrected chi connectivity index (χ2v) is 17.1. The lowest BCUT2D eigenvalue weighted by Crippen LogP contribution is -2.37. The van der Waals surface area contributed by atoms with Crippen molar-refractivity contribution < 1.29 is 19.7 Å². The number of hydrogen-bond donors (Lipinski definition) is 2. The quantitative estimate of drug-likeness (QED) is 0.0642. The zero-order valence-corrected chi connectivity index (χ0v) is 34.4. The first-order valence-electron chi connectivity index (χ1n) is 21.5. The molecule has 1 aromatic rings. The van der Waals surface area contributed by atoms with E-state index >= 15 is 0 Å². The minimum absolute atomic E-state index is 0.113. The summed E-state index contributed by atoms with van der Waals surface area (Å²) in [7, 11) is 0. The predicted octanol–water partition coefficient (Wildman–Crippen LogP) is 14.3. The van der Waals surface area contributed by atoms with Crippen molar-refractivity contribution in [3.05, 3.63) is 46.6 Å². The van der Waals surface area contributed by atoms with Crippen LogP contribution in [0.5, 0.6) is 11.5 Å². The molecule has 4 heteroatoms. The molecule has 3 atom stereocenters. The highest BCUT2D eigenvalue weighted by Gasteiger charge is 2.34. The summed E-state index contributed by atoms with van der Waals surface area (Å²) in [6.07, 6.45) is 37.7. The second kappa shape index (κ2) is 25.7. The standard InChI is InChI=1S/C47H80O4/c1-37(2)27-24-28-38(3)29-25-30-39(4)31-26-35-47(7)36-34-43-42(45(50)40(5)41(6)46(43)51-47)32-22-20-18-16-14-12-10-8-9-11-13-15-17-19-21-23-33-44(48)49/h9-12,37-39,50H,8,13-36H2,1-7H3,(H,48,49)/t38-,39-,47-/m1/s1. The third kappa shape index (κ3) is 18.9. The molecule has 4 nitrogen and oxygen atoms in total. The highest BCUT2D eigenvalue weighted by molar-refractivity contribution is 5.66. The fourth-order valence-corrected chi connectivity index (χ4v) is 7.91. The highest BCUT2D eigenvalue weighted by Crippen LogP contribution is 2.45. The van der Waals surface area contributed by atoms with Gasteiger partial charge in [-0.1, -0.05) is 129 Å². The Bertz CT molecular complexity index is 1160. The molecule has 1 aliphatic heterocycles. The van der Waals surface area contributed by atoms with Gasteiger partial charge in [-0.05, 0) is 127 Å². The zero-order chi connectivity index (χ0) is 37.5. The monoisotopic (exact) mass is 709 g/mol. The number of aliphatic carboxylic acids is 1. The van der Waals surface area contributed by atoms with Gasteiger partial charge in [0.2, 0.25) is 0 Å². The lowest BCUT2D eigenvalue weighted by Gasteiger charge is -2.38. The number of carboxylic acids is 1. The summed E-state index contributed by atoms with van der Waals surface area (Å²) in [5.74, 6) is 3.38. The van der Waals surface area contributed by atoms with E-state index in [4.69, 9.17) is 9.84 Å². The van der Waals surface area contributed by atoms with Crippen molar-refractivity contribution in [2.24, 2.45) is 17.8 Å². The van der Waals surface area contributed by atoms with Crippen molar-refractivity contribution in [2.45, 2.75) is 215 Å². The summed E-state index contributed by atoms with van der Waals surface area (Å²) in [6.45, 7) is 16.1. The number of phenolic OH excluding ortho intramolecular Hbond substituents is 1. The van der Waals surface area contributed by atoms with Gasteiger partial charge in [-0.15, -0.1) is 0 Å². The number of ether oxygens (including phenoxy) is 1. The van der Waals surface area contributed by atoms with E-state index in [1.165, 1.54) is 89.0 Å². The van der Waals surface area contributed by atoms with Gasteiger partial charge < -0.3 is 14.9 Å². The van der Waals surface area contributed by atoms with Gasteiger partial charge in [-0.3, -0.25) is 4.79 Å². The van der Waals surface area contributed by atoms with Crippen molar-refractivity contribution in [1.29, 1.82) is 0 Å². The molecule has 0 aromatic heterocycles. The van der Waals surface area contributed by atoms with Gasteiger partial charge in [0.15, 0.2) is 0 Å². The van der Waals surface area contributed by atoms with Crippen molar-refractivity contribution in [3.8, 4) is 11.5 Å². The van der Waals surface area contributed by atoms with Crippen LogP contribution in [0.2, 0.25) is 0 Å². The number of phenols is 1. The summed E-state index contributed by atoms with van der Waals surface area (Å²) < 4.78 is 6.88. The number of hydrogen-bond acceptors (Lipinski definition) is 3. The van der Waals surface area contributed by atoms with Crippen LogP contribution in [-0.4, -0.2) is 21.8 Å². The topological polar surface area (TPSA) is 66.8 Å². The number of aromatic hydroxyl groups is 1. The van der Waals surface area contributed by atoms with E-state index in [1.807, 2.05) is 0 Å². The molecule has 1 heterocycles. The molecule has 0 fully saturated rings. The summed E-state index contributed by atoms with van der Waals surface area (Å²) in [5.41, 5.74) is 4.42. The molecule has 1 aromatic carbocycles. The molecule has 51 heavy (non-hydrogen) atoms. The van der Waals surface area contributed by atoms with E-state index in [9.17, 15) is 9.90 Å². The Morgan fingerprint density at radius 1 is 0.725 bits per heavy atom. The normalized spacial score (nSPS) is 17.3. The average molecular weight is 709 g/mol. The van der Waals surface area contributed by atoms with Crippen LogP contribution >= 0.6 is 0 Å². The molecule has 1 aliphatic rings. The van der Waals surface area contributed by atoms with Gasteiger partial charge >= 0.3 is 5.97 Å². The fraction of sp³-hybridized carbons (Fsp3) is 0.766. The van der Waals surface area contributed by atoms with E-state index in [2.05, 4.69) is 72.8 Å². The first-order chi connectivity index (χ1) is 24.4. The lowest BCUT2D eigenvalue weighted by molar-refractivity contribution is -0.137. The SMILES string of the molecule is Cc1c(C)c2c(c(CCCCCCC=CCC=CCCCCCCCC(=O)O)c1O)CC[C@@](C)(CCC[C@H](C)CCC[C@H](C)CCCC(C)C)O2. The first kappa shape index (κ1) is 44.9. The molecule has 0 radical (unpaired) electrons. The molecule has 2 rings (SSSR count). The minimum Gasteiger partial charge on any atom is -0.507 e. The Hall–Kier alpha value is -2.23. The molecule has 0 bridgehead atoms. The van der Waals surface area contributed by atoms with Gasteiger partial charge in [0.25, 0.3) is 0 Å². The Morgan fingerprint density at radius 2 is 1.27 bits per heavy atom. The number of carbonyl (C=O) groups is 1. The molecule has 0 spiro atoms. The van der Waals surface area contributed by atoms with E-state index in [0.29, 0.717) is 12.2 Å². The lowest BCUT2D eigenvalue weighted by atomic mass is 9.82. The number of fused-ring (bicyclic) bond motifs is 1. The van der Waals surface area contributed by atoms with Gasteiger partial charge in [0, 0.05) is 17.5 Å². The van der Waals surface area contributed by atoms with E-state index in [1.54, 1.807) is 0 Å². The van der Waals surface area contributed by atoms with Crippen LogP contribution in [0.3, 0.4) is 0 Å². The number of benzene rings is 1. The van der Waals surface area contributed by atoms with Crippen LogP contribution in [-0.2, 0) is 17.6 Å². The molecule has 0 aliphatic carbocycles. The zero-order valence-electron chi connectivity index (χ0n) is 34.4. The largest absolute Gasteiger partial charge is 0.507 e. The third-order valence-corrected chi connectivity index (χ3v) is 11.6. The van der Waals surface area contributed by atoms with Crippen LogP contribution in [0.4, 0.5) is 0 Å². The molecule has 292 valence electrons. The Morgan fingerprint density at radius 3 is 1.88 bits per heavy atom. The molecule has 0 saturated heterocycles. The average Bonchev–Trinajstić information content (AvgIpc) is 3.08. The molecule has 0 amide bonds. The summed E-state index contributed by atoms with van der Waals surface area (Å²) in [6, 6.07) is 0. The maximum absolute atomic E-state index is 11.2. The van der Waals surface area contributed by atoms with Crippen molar-refractivity contribution in [1.82, 2.24) is 0 Å². The van der Waals surface area contributed by atoms with Gasteiger partial charge in [-0.2, -0.15) is 0 Å². The fourth-order valence-electron chi connectivity index (χ4n) is 7.91. The molecular formula is C47H80O4. The van der Waals surface area contributed by atoms with Crippen LogP contribution in [0.25, 0.3) is 0 Å². The summed E-state index contributed by atoms with van der Waals surface area (Å²) >= 11 is 0. The maximum atomic E-state index is 11.2. The Labute approximate surface area is 315 Å². The van der Waals surface area contributed by atoms with E-state index in [0.717, 1.165) is 111 Å². The molecular weight excluding hydrogens is 629 g/mol. The highest BCUT2D eigenvalue weighted by atomic mass is 16.5. The molecule has 0 saturated carbocycles. The van der Waals surface area contributed by atoms with E-state index < -0.39 is 5.97 Å². The summed E-state index contributed by atoms with van der Waals surface area (Å²) in [4.78, 5) is 10.5. The molecule has 2 N–H and O–H groups in total. The Kier molecular flexibility index (Phi) is 22.6. The van der Waals surface area contributed by atoms with Crippen LogP contribution in [0.15, 0.2) is 24.3 Å². The minimum atomic E-state index is -0.680. The van der Waals surface area contributed by atoms with Gasteiger partial charge in [0.05, 0.1) is 0 Å². The van der Waals surface area contributed by atoms with Gasteiger partial charge in [0.1, 0.15) is 17.1 Å². The van der Waals surface area contributed by atoms with Crippen molar-refractivity contribution in [2.75, 3.05) is 0 Å². The number of allylic oxidation sites excluding steroid dienone is 4. The van der Waals surface area contributed by atoms with Gasteiger partial charge in [-0.25, -0.2) is 0 Å². The number of carboxylic acid groups (broad SMARTS) is 1. The van der Waals surface area contributed by atoms with Crippen molar-refractivity contribution >= 4 is 5.97 Å². The first-order valence-corrected chi connectivity index (χ1v) is 21.5.